The van der Waals surface area contributed by atoms with Crippen LogP contribution in [0.4, 0.5) is 4.39 Å². The molecule has 0 atom stereocenters. The van der Waals surface area contributed by atoms with E-state index in [0.29, 0.717) is 23.1 Å². The highest BCUT2D eigenvalue weighted by Gasteiger charge is 2.51. The van der Waals surface area contributed by atoms with Gasteiger partial charge in [0.2, 0.25) is 10.0 Å². The van der Waals surface area contributed by atoms with E-state index < -0.39 is 21.8 Å². The number of rotatable bonds is 3. The van der Waals surface area contributed by atoms with E-state index in [1.165, 1.54) is 18.3 Å². The second kappa shape index (κ2) is 5.19. The molecule has 3 rings (SSSR count). The molecule has 0 N–H and O–H groups in total. The van der Waals surface area contributed by atoms with Crippen molar-refractivity contribution in [3.8, 4) is 0 Å². The lowest BCUT2D eigenvalue weighted by molar-refractivity contribution is -0.226. The van der Waals surface area contributed by atoms with Gasteiger partial charge in [-0.15, -0.1) is 6.58 Å². The van der Waals surface area contributed by atoms with Crippen LogP contribution in [0.25, 0.3) is 5.57 Å². The summed E-state index contributed by atoms with van der Waals surface area (Å²) < 4.78 is 50.4. The molecule has 0 unspecified atom stereocenters. The molecule has 0 radical (unpaired) electrons. The van der Waals surface area contributed by atoms with Crippen LogP contribution in [0.3, 0.4) is 0 Å². The predicted molar refractivity (Wildman–Crippen MR) is 79.5 cm³/mol. The summed E-state index contributed by atoms with van der Waals surface area (Å²) in [5.74, 6) is -2.11. The number of hydrogen-bond donors (Lipinski definition) is 0. The van der Waals surface area contributed by atoms with E-state index in [-0.39, 0.29) is 13.2 Å². The molecule has 5 nitrogen and oxygen atoms in total. The van der Waals surface area contributed by atoms with Crippen molar-refractivity contribution in [3.63, 3.8) is 0 Å². The number of fused-ring (bicyclic) bond motifs is 2. The lowest BCUT2D eigenvalue weighted by Gasteiger charge is -2.41. The van der Waals surface area contributed by atoms with E-state index in [4.69, 9.17) is 9.47 Å². The Balaban J connectivity index is 2.29. The molecule has 1 aromatic rings. The van der Waals surface area contributed by atoms with Crippen LogP contribution >= 0.6 is 0 Å². The molecule has 1 fully saturated rings. The third kappa shape index (κ3) is 2.25. The van der Waals surface area contributed by atoms with Crippen LogP contribution in [0.5, 0.6) is 0 Å². The van der Waals surface area contributed by atoms with Crippen molar-refractivity contribution in [1.29, 1.82) is 0 Å². The minimum Gasteiger partial charge on any atom is -0.326 e. The highest BCUT2D eigenvalue weighted by atomic mass is 32.2. The van der Waals surface area contributed by atoms with E-state index in [1.807, 2.05) is 0 Å². The molecule has 1 saturated heterocycles. The highest BCUT2D eigenvalue weighted by molar-refractivity contribution is 7.88. The van der Waals surface area contributed by atoms with Crippen LogP contribution in [0.2, 0.25) is 0 Å². The molecular formula is C15H16FNO4S. The Morgan fingerprint density at radius 3 is 2.68 bits per heavy atom. The maximum atomic E-state index is 13.7. The number of nitrogens with zero attached hydrogens (tertiary/aromatic N) is 1. The molecule has 7 heteroatoms. The summed E-state index contributed by atoms with van der Waals surface area (Å²) in [5, 5.41) is 0. The number of ether oxygens (including phenoxy) is 2. The standard InChI is InChI=1S/C15H16FNO4S/c1-3-4-11-10-17(22(2,18)19)15(20-7-8-21-15)14-9-12(16)5-6-13(11)14/h3,5-6,9-10H,1,4,7-8H2,2H3. The average molecular weight is 325 g/mol. The van der Waals surface area contributed by atoms with Gasteiger partial charge in [-0.1, -0.05) is 12.1 Å². The van der Waals surface area contributed by atoms with Gasteiger partial charge in [0.25, 0.3) is 5.91 Å². The fraction of sp³-hybridized carbons (Fsp3) is 0.333. The van der Waals surface area contributed by atoms with Gasteiger partial charge < -0.3 is 9.47 Å². The fourth-order valence-electron chi connectivity index (χ4n) is 2.79. The van der Waals surface area contributed by atoms with Gasteiger partial charge in [0.1, 0.15) is 5.82 Å². The van der Waals surface area contributed by atoms with Crippen LogP contribution in [0, 0.1) is 5.82 Å². The summed E-state index contributed by atoms with van der Waals surface area (Å²) >= 11 is 0. The largest absolute Gasteiger partial charge is 0.326 e. The van der Waals surface area contributed by atoms with Crippen molar-refractivity contribution in [3.05, 3.63) is 54.0 Å². The van der Waals surface area contributed by atoms with Gasteiger partial charge in [0.05, 0.1) is 19.5 Å². The number of hydrogen-bond acceptors (Lipinski definition) is 4. The van der Waals surface area contributed by atoms with Crippen molar-refractivity contribution in [2.75, 3.05) is 19.5 Å². The number of sulfonamides is 1. The Labute approximate surface area is 128 Å². The molecule has 0 amide bonds. The molecule has 0 aliphatic carbocycles. The van der Waals surface area contributed by atoms with Gasteiger partial charge >= 0.3 is 0 Å². The van der Waals surface area contributed by atoms with E-state index in [2.05, 4.69) is 6.58 Å². The fourth-order valence-corrected chi connectivity index (χ4v) is 3.75. The molecule has 1 spiro atoms. The molecule has 2 heterocycles. The monoisotopic (exact) mass is 325 g/mol. The van der Waals surface area contributed by atoms with Gasteiger partial charge in [0, 0.05) is 11.8 Å². The molecule has 2 aliphatic heterocycles. The molecular weight excluding hydrogens is 309 g/mol. The lowest BCUT2D eigenvalue weighted by atomic mass is 9.93. The van der Waals surface area contributed by atoms with Crippen molar-refractivity contribution in [2.24, 2.45) is 0 Å². The number of allylic oxidation sites excluding steroid dienone is 2. The first-order valence-electron chi connectivity index (χ1n) is 6.78. The summed E-state index contributed by atoms with van der Waals surface area (Å²) in [6.07, 6.45) is 4.64. The molecule has 0 saturated carbocycles. The smallest absolute Gasteiger partial charge is 0.293 e. The van der Waals surface area contributed by atoms with Crippen molar-refractivity contribution < 1.29 is 22.3 Å². The third-order valence-electron chi connectivity index (χ3n) is 3.63. The second-order valence-corrected chi connectivity index (χ2v) is 7.03. The minimum atomic E-state index is -3.67. The minimum absolute atomic E-state index is 0.229. The van der Waals surface area contributed by atoms with Crippen LogP contribution in [-0.4, -0.2) is 32.2 Å². The van der Waals surface area contributed by atoms with Crippen molar-refractivity contribution >= 4 is 15.6 Å². The van der Waals surface area contributed by atoms with Crippen LogP contribution < -0.4 is 0 Å². The summed E-state index contributed by atoms with van der Waals surface area (Å²) in [7, 11) is -3.67. The van der Waals surface area contributed by atoms with E-state index in [0.717, 1.165) is 10.6 Å². The first-order valence-corrected chi connectivity index (χ1v) is 8.63. The van der Waals surface area contributed by atoms with Gasteiger partial charge in [-0.25, -0.2) is 17.1 Å². The maximum Gasteiger partial charge on any atom is 0.293 e. The lowest BCUT2D eigenvalue weighted by Crippen LogP contribution is -2.49. The molecule has 1 aromatic carbocycles. The Kier molecular flexibility index (Phi) is 3.58. The normalized spacial score (nSPS) is 19.9. The SMILES string of the molecule is C=CCC1=CN(S(C)(=O)=O)C2(OCCO2)c2cc(F)ccc21. The van der Waals surface area contributed by atoms with Crippen molar-refractivity contribution in [2.45, 2.75) is 12.3 Å². The first kappa shape index (κ1) is 15.2. The van der Waals surface area contributed by atoms with Gasteiger partial charge in [-0.3, -0.25) is 0 Å². The number of benzene rings is 1. The summed E-state index contributed by atoms with van der Waals surface area (Å²) in [6, 6.07) is 4.19. The Hall–Kier alpha value is -1.70. The Morgan fingerprint density at radius 1 is 1.41 bits per heavy atom. The van der Waals surface area contributed by atoms with Gasteiger partial charge in [-0.2, -0.15) is 0 Å². The molecule has 2 aliphatic rings. The van der Waals surface area contributed by atoms with Crippen molar-refractivity contribution in [1.82, 2.24) is 4.31 Å². The molecule has 22 heavy (non-hydrogen) atoms. The van der Waals surface area contributed by atoms with Crippen LogP contribution in [0.1, 0.15) is 17.5 Å². The Morgan fingerprint density at radius 2 is 2.09 bits per heavy atom. The van der Waals surface area contributed by atoms with E-state index >= 15 is 0 Å². The summed E-state index contributed by atoms with van der Waals surface area (Å²) in [6.45, 7) is 4.13. The quantitative estimate of drug-likeness (QED) is 0.799. The molecule has 118 valence electrons. The van der Waals surface area contributed by atoms with Gasteiger partial charge in [0.15, 0.2) is 0 Å². The van der Waals surface area contributed by atoms with Crippen LogP contribution in [0.15, 0.2) is 37.1 Å². The summed E-state index contributed by atoms with van der Waals surface area (Å²) in [5.41, 5.74) is 1.76. The third-order valence-corrected chi connectivity index (χ3v) is 4.69. The zero-order chi connectivity index (χ0) is 16.0. The predicted octanol–water partition coefficient (Wildman–Crippen LogP) is 2.17. The maximum absolute atomic E-state index is 13.7. The zero-order valence-corrected chi connectivity index (χ0v) is 12.9. The molecule has 0 aromatic heterocycles. The molecule has 0 bridgehead atoms. The first-order chi connectivity index (χ1) is 10.4. The van der Waals surface area contributed by atoms with E-state index in [9.17, 15) is 12.8 Å². The summed E-state index contributed by atoms with van der Waals surface area (Å²) in [4.78, 5) is 0. The van der Waals surface area contributed by atoms with E-state index in [1.54, 1.807) is 12.1 Å². The topological polar surface area (TPSA) is 55.8 Å². The second-order valence-electron chi connectivity index (χ2n) is 5.17. The highest BCUT2D eigenvalue weighted by Crippen LogP contribution is 2.45. The Bertz CT molecular complexity index is 751. The van der Waals surface area contributed by atoms with Gasteiger partial charge in [-0.05, 0) is 29.7 Å². The number of halogens is 1. The average Bonchev–Trinajstić information content (AvgIpc) is 2.91. The van der Waals surface area contributed by atoms with Crippen LogP contribution in [-0.2, 0) is 25.4 Å². The zero-order valence-electron chi connectivity index (χ0n) is 12.1.